The van der Waals surface area contributed by atoms with Gasteiger partial charge >= 0.3 is 18.1 Å². The Balaban J connectivity index is 0.000000946. The van der Waals surface area contributed by atoms with Gasteiger partial charge in [-0.2, -0.15) is 28.1 Å². The van der Waals surface area contributed by atoms with Crippen molar-refractivity contribution in [3.63, 3.8) is 0 Å². The smallest absolute Gasteiger partial charge is 0.416 e. The summed E-state index contributed by atoms with van der Waals surface area (Å²) in [6.45, 7) is 14.9. The van der Waals surface area contributed by atoms with E-state index < -0.39 is 60.3 Å². The predicted molar refractivity (Wildman–Crippen MR) is 275 cm³/mol. The predicted octanol–water partition coefficient (Wildman–Crippen LogP) is 8.75. The van der Waals surface area contributed by atoms with Crippen LogP contribution in [0.5, 0.6) is 11.5 Å². The van der Waals surface area contributed by atoms with Crippen LogP contribution < -0.4 is 30.5 Å². The molecule has 4 rings (SSSR count). The van der Waals surface area contributed by atoms with E-state index in [1.165, 1.54) is 0 Å². The van der Waals surface area contributed by atoms with E-state index in [0.717, 1.165) is 60.1 Å². The number of methoxy groups -OCH3 is 1. The Morgan fingerprint density at radius 1 is 0.986 bits per heavy atom. The van der Waals surface area contributed by atoms with Gasteiger partial charge in [-0.3, -0.25) is 25.0 Å². The van der Waals surface area contributed by atoms with Crippen LogP contribution in [0.25, 0.3) is 0 Å². The summed E-state index contributed by atoms with van der Waals surface area (Å²) in [5.74, 6) is -2.14. The Morgan fingerprint density at radius 2 is 1.58 bits per heavy atom. The van der Waals surface area contributed by atoms with E-state index in [1.54, 1.807) is 12.0 Å². The van der Waals surface area contributed by atoms with Crippen LogP contribution in [-0.2, 0) is 42.4 Å². The number of hydrogen-bond acceptors (Lipinski definition) is 15. The van der Waals surface area contributed by atoms with E-state index in [-0.39, 0.29) is 45.2 Å². The zero-order valence-corrected chi connectivity index (χ0v) is 45.4. The lowest BCUT2D eigenvalue weighted by Gasteiger charge is -2.31. The Hall–Kier alpha value is -5.04. The van der Waals surface area contributed by atoms with Crippen LogP contribution in [0.15, 0.2) is 54.6 Å². The molecule has 0 aliphatic heterocycles. The first kappa shape index (κ1) is 67.0. The van der Waals surface area contributed by atoms with Crippen molar-refractivity contribution in [2.45, 2.75) is 72.6 Å². The molecule has 0 fully saturated rings. The summed E-state index contributed by atoms with van der Waals surface area (Å²) in [6, 6.07) is 11.3. The van der Waals surface area contributed by atoms with Gasteiger partial charge in [0, 0.05) is 31.3 Å². The minimum atomic E-state index is -4.58. The number of nitrogens with one attached hydrogen (secondary N) is 3. The molecule has 6 N–H and O–H groups in total. The Labute approximate surface area is 434 Å². The molecule has 28 heteroatoms. The highest BCUT2D eigenvalue weighted by Gasteiger charge is 2.31. The number of aliphatic carboxylic acids is 1. The third-order valence-corrected chi connectivity index (χ3v) is 9.39. The average molecular weight is 1120 g/mol. The van der Waals surface area contributed by atoms with Crippen LogP contribution in [0, 0.1) is 17.0 Å². The summed E-state index contributed by atoms with van der Waals surface area (Å²) < 4.78 is 58.0. The number of amides is 1. The van der Waals surface area contributed by atoms with Gasteiger partial charge in [-0.1, -0.05) is 36.7 Å². The maximum Gasteiger partial charge on any atom is 0.416 e. The molecule has 0 aliphatic carbocycles. The summed E-state index contributed by atoms with van der Waals surface area (Å²) in [5, 5.41) is 35.7. The molecule has 1 amide bonds. The summed E-state index contributed by atoms with van der Waals surface area (Å²) in [5.41, 5.74) is 0.861. The second kappa shape index (κ2) is 32.2. The average Bonchev–Trinajstić information content (AvgIpc) is 3.23. The second-order valence-corrected chi connectivity index (χ2v) is 21.2. The third kappa shape index (κ3) is 27.1. The first-order valence-corrected chi connectivity index (χ1v) is 26.6. The number of nitrogens with zero attached hydrogens (tertiary/aromatic N) is 5. The lowest BCUT2D eigenvalue weighted by atomic mass is 10.0. The van der Waals surface area contributed by atoms with Gasteiger partial charge in [0.2, 0.25) is 23.1 Å². The van der Waals surface area contributed by atoms with Crippen molar-refractivity contribution in [3.8, 4) is 11.5 Å². The zero-order chi connectivity index (χ0) is 55.7. The van der Waals surface area contributed by atoms with Crippen molar-refractivity contribution in [3.05, 3.63) is 97.3 Å². The van der Waals surface area contributed by atoms with Crippen LogP contribution >= 0.6 is 42.4 Å². The quantitative estimate of drug-likeness (QED) is 0.0189. The van der Waals surface area contributed by atoms with Gasteiger partial charge < -0.3 is 49.6 Å². The number of alkyl halides is 4. The largest absolute Gasteiger partial charge is 0.778 e. The lowest BCUT2D eigenvalue weighted by molar-refractivity contribution is -0.385. The maximum absolute atomic E-state index is 12.6. The monoisotopic (exact) mass is 1120 g/mol. The molecule has 20 nitrogen and oxygen atoms in total. The molecule has 2 atom stereocenters. The molecule has 1 heterocycles. The molecular weight excluding hydrogens is 1060 g/mol. The Kier molecular flexibility index (Phi) is 30.0. The number of nitro groups is 1. The van der Waals surface area contributed by atoms with Crippen LogP contribution in [0.3, 0.4) is 0 Å². The minimum Gasteiger partial charge on any atom is -0.778 e. The van der Waals surface area contributed by atoms with E-state index >= 15 is 0 Å². The number of carbonyl (C=O) groups excluding carboxylic acids is 1. The molecule has 72 heavy (non-hydrogen) atoms. The van der Waals surface area contributed by atoms with Crippen molar-refractivity contribution in [1.82, 2.24) is 20.3 Å². The number of rotatable bonds is 17. The number of aromatic nitrogens is 3. The number of carboxylic acids is 2. The molecule has 2 unspecified atom stereocenters. The number of anilines is 3. The fourth-order valence-electron chi connectivity index (χ4n) is 5.40. The topological polar surface area (TPSA) is 292 Å². The molecule has 0 bridgehead atoms. The van der Waals surface area contributed by atoms with Crippen molar-refractivity contribution < 1.29 is 66.5 Å². The highest BCUT2D eigenvalue weighted by atomic mass is 35.5. The second-order valence-electron chi connectivity index (χ2n) is 16.1. The number of ether oxygens (including phenoxy) is 2. The van der Waals surface area contributed by atoms with Crippen LogP contribution in [0.1, 0.15) is 68.6 Å². The molecule has 3 aromatic carbocycles. The number of nitro benzene ring substituents is 1. The van der Waals surface area contributed by atoms with Crippen LogP contribution in [0.4, 0.5) is 36.4 Å². The highest BCUT2D eigenvalue weighted by Crippen LogP contribution is 2.37. The fourth-order valence-corrected chi connectivity index (χ4v) is 6.30. The summed E-state index contributed by atoms with van der Waals surface area (Å²) >= 11 is 17.2. The maximum atomic E-state index is 12.6. The van der Waals surface area contributed by atoms with E-state index in [4.69, 9.17) is 59.4 Å². The van der Waals surface area contributed by atoms with Gasteiger partial charge in [0.25, 0.3) is 5.69 Å². The van der Waals surface area contributed by atoms with Gasteiger partial charge in [-0.15, -0.1) is 11.6 Å². The Morgan fingerprint density at radius 3 is 2.04 bits per heavy atom. The number of aryl methyl sites for hydroxylation is 2. The lowest BCUT2D eigenvalue weighted by Crippen LogP contribution is -2.43. The zero-order valence-electron chi connectivity index (χ0n) is 41.4. The van der Waals surface area contributed by atoms with E-state index in [2.05, 4.69) is 57.3 Å². The minimum absolute atomic E-state index is 0.0223. The molecule has 0 spiro atoms. The number of carbonyl (C=O) groups is 3. The summed E-state index contributed by atoms with van der Waals surface area (Å²) in [6.07, 6.45) is 2.17. The van der Waals surface area contributed by atoms with Gasteiger partial charge in [-0.05, 0) is 106 Å². The molecule has 0 saturated heterocycles. The highest BCUT2D eigenvalue weighted by molar-refractivity contribution is 7.94. The molecule has 1 aromatic heterocycles. The van der Waals surface area contributed by atoms with Crippen molar-refractivity contribution in [1.29, 1.82) is 0 Å². The molecule has 402 valence electrons. The van der Waals surface area contributed by atoms with E-state index in [9.17, 15) is 47.1 Å². The third-order valence-electron chi connectivity index (χ3n) is 8.07. The normalized spacial score (nSPS) is 12.1. The fraction of sp³-hybridized carbons (Fsp3) is 0.455. The van der Waals surface area contributed by atoms with Crippen LogP contribution in [-0.4, -0.2) is 122 Å². The molecular formula is C44H61Cl3F3N8O12PS. The first-order valence-electron chi connectivity index (χ1n) is 21.1. The van der Waals surface area contributed by atoms with Gasteiger partial charge in [-0.25, -0.2) is 4.79 Å². The van der Waals surface area contributed by atoms with Gasteiger partial charge in [0.1, 0.15) is 30.5 Å². The number of para-hydroxylation sites is 1. The standard InChI is InChI=1S/C15H22ClNO2.C14H7ClF3NO5.C9H16ClN5.C3H8NO5P.C3H9S/c1-5-13-8-6-7-11(2)15(13)17(14(18)9-16)12(3)10-19-4;15-10-5-7(14(16,17)18)1-4-12(10)24-8-2-3-11(19(22)23)9(6-8)13(20)21;1-5-11-7-12-6(10)13-8(14-7)15-9(2,3)4;5-3(6)1-4-2-10(7,8)9;1-4(2)3/h6-8,12H,5,9-10H2,1-4H3;1-6H,(H,20,21);5H2,1-4H3,(H2,11,12,13,14,15);4H,1-2H2,(H,5,6)(H2,7,8,9);1-3H3/q;;;;+1/p-1. The van der Waals surface area contributed by atoms with Crippen LogP contribution in [0.2, 0.25) is 10.3 Å². The van der Waals surface area contributed by atoms with E-state index in [0.29, 0.717) is 35.5 Å². The molecule has 0 saturated carbocycles. The van der Waals surface area contributed by atoms with Crippen molar-refractivity contribution in [2.75, 3.05) is 73.3 Å². The number of halogens is 6. The number of aromatic carboxylic acids is 1. The molecule has 4 aromatic rings. The van der Waals surface area contributed by atoms with Crippen molar-refractivity contribution in [2.24, 2.45) is 0 Å². The van der Waals surface area contributed by atoms with E-state index in [1.807, 2.05) is 59.0 Å². The SMILES string of the molecule is CCNc1nc(Cl)nc(NC(C)(C)C)n1.CCc1cccc(C)c1N(C(=O)CCl)C(C)COC.C[S+](C)C.O=C(O)CNCP(=O)([O-])O.O=C(O)c1cc(Oc2ccc(C(F)(F)F)cc2Cl)ccc1[N+](=O)[O-]. The van der Waals surface area contributed by atoms with Crippen molar-refractivity contribution >= 4 is 94.4 Å². The number of carboxylic acid groups (broad SMARTS) is 2. The molecule has 0 aliphatic rings. The summed E-state index contributed by atoms with van der Waals surface area (Å²) in [4.78, 5) is 74.8. The molecule has 0 radical (unpaired) electrons. The number of benzene rings is 3. The van der Waals surface area contributed by atoms with Gasteiger partial charge in [0.15, 0.2) is 0 Å². The first-order chi connectivity index (χ1) is 33.2. The Bertz CT molecular complexity index is 2440. The number of hydrogen-bond donors (Lipinski definition) is 6. The van der Waals surface area contributed by atoms with Gasteiger partial charge in [0.05, 0.1) is 65.4 Å². The summed E-state index contributed by atoms with van der Waals surface area (Å²) in [7, 11) is -2.07.